The molecule has 8 nitrogen and oxygen atoms in total. The Labute approximate surface area is 168 Å². The predicted molar refractivity (Wildman–Crippen MR) is 107 cm³/mol. The molecule has 29 heavy (non-hydrogen) atoms. The van der Waals surface area contributed by atoms with Gasteiger partial charge in [0.2, 0.25) is 0 Å². The van der Waals surface area contributed by atoms with Gasteiger partial charge in [-0.25, -0.2) is 9.59 Å². The number of anilines is 2. The molecule has 2 aromatic carbocycles. The van der Waals surface area contributed by atoms with Gasteiger partial charge in [-0.3, -0.25) is 9.59 Å². The van der Waals surface area contributed by atoms with E-state index < -0.39 is 23.8 Å². The van der Waals surface area contributed by atoms with Crippen LogP contribution in [0.4, 0.5) is 11.4 Å². The maximum Gasteiger partial charge on any atom is 0.340 e. The average Bonchev–Trinajstić information content (AvgIpc) is 2.74. The molecule has 0 radical (unpaired) electrons. The Morgan fingerprint density at radius 3 is 1.76 bits per heavy atom. The van der Waals surface area contributed by atoms with Crippen molar-refractivity contribution in [1.29, 1.82) is 0 Å². The minimum absolute atomic E-state index is 0.107. The third-order valence-corrected chi connectivity index (χ3v) is 3.91. The van der Waals surface area contributed by atoms with Crippen LogP contribution in [0, 0.1) is 0 Å². The normalized spacial score (nSPS) is 10.0. The zero-order valence-electron chi connectivity index (χ0n) is 16.2. The van der Waals surface area contributed by atoms with Crippen LogP contribution in [0.3, 0.4) is 0 Å². The smallest absolute Gasteiger partial charge is 0.340 e. The summed E-state index contributed by atoms with van der Waals surface area (Å²) < 4.78 is 9.81. The van der Waals surface area contributed by atoms with Crippen LogP contribution in [-0.4, -0.2) is 37.5 Å². The van der Waals surface area contributed by atoms with Crippen molar-refractivity contribution in [2.75, 3.05) is 24.4 Å². The fourth-order valence-corrected chi connectivity index (χ4v) is 2.40. The van der Waals surface area contributed by atoms with E-state index in [9.17, 15) is 19.2 Å². The summed E-state index contributed by atoms with van der Waals surface area (Å²) in [5, 5.41) is 4.76. The van der Waals surface area contributed by atoms with Crippen molar-refractivity contribution in [3.63, 3.8) is 0 Å². The summed E-state index contributed by atoms with van der Waals surface area (Å²) in [5.41, 5.74) is 0.526. The highest BCUT2D eigenvalue weighted by molar-refractivity contribution is 6.44. The Hall–Kier alpha value is -3.68. The number of carbonyl (C=O) groups excluding carboxylic acids is 4. The quantitative estimate of drug-likeness (QED) is 0.421. The number of hydrogen-bond acceptors (Lipinski definition) is 6. The van der Waals surface area contributed by atoms with Gasteiger partial charge in [-0.05, 0) is 30.7 Å². The molecule has 0 aromatic heterocycles. The van der Waals surface area contributed by atoms with E-state index in [-0.39, 0.29) is 29.1 Å². The predicted octanol–water partition coefficient (Wildman–Crippen LogP) is 3.01. The Bertz CT molecular complexity index is 910. The first kappa shape index (κ1) is 21.6. The van der Waals surface area contributed by atoms with Gasteiger partial charge in [-0.2, -0.15) is 0 Å². The van der Waals surface area contributed by atoms with E-state index in [1.54, 1.807) is 24.3 Å². The number of ether oxygens (including phenoxy) is 2. The summed E-state index contributed by atoms with van der Waals surface area (Å²) in [6.07, 6.45) is 1.60. The summed E-state index contributed by atoms with van der Waals surface area (Å²) >= 11 is 0. The topological polar surface area (TPSA) is 111 Å². The maximum atomic E-state index is 12.3. The van der Waals surface area contributed by atoms with Crippen LogP contribution >= 0.6 is 0 Å². The van der Waals surface area contributed by atoms with Gasteiger partial charge in [0.15, 0.2) is 0 Å². The van der Waals surface area contributed by atoms with Crippen LogP contribution in [0.25, 0.3) is 0 Å². The van der Waals surface area contributed by atoms with Gasteiger partial charge in [-0.15, -0.1) is 0 Å². The van der Waals surface area contributed by atoms with Crippen molar-refractivity contribution in [1.82, 2.24) is 0 Å². The Balaban J connectivity index is 2.10. The average molecular weight is 398 g/mol. The molecular formula is C21H22N2O6. The Morgan fingerprint density at radius 2 is 1.28 bits per heavy atom. The van der Waals surface area contributed by atoms with Crippen LogP contribution in [0.2, 0.25) is 0 Å². The molecule has 0 saturated heterocycles. The van der Waals surface area contributed by atoms with Crippen molar-refractivity contribution in [2.45, 2.75) is 19.8 Å². The van der Waals surface area contributed by atoms with Gasteiger partial charge in [-0.1, -0.05) is 37.6 Å². The van der Waals surface area contributed by atoms with Crippen LogP contribution < -0.4 is 10.6 Å². The van der Waals surface area contributed by atoms with E-state index in [0.717, 1.165) is 12.8 Å². The van der Waals surface area contributed by atoms with Gasteiger partial charge in [0.1, 0.15) is 0 Å². The third kappa shape index (κ3) is 5.90. The second-order valence-electron chi connectivity index (χ2n) is 5.98. The fourth-order valence-electron chi connectivity index (χ4n) is 2.40. The second-order valence-corrected chi connectivity index (χ2v) is 5.98. The van der Waals surface area contributed by atoms with E-state index in [2.05, 4.69) is 15.4 Å². The molecular weight excluding hydrogens is 376 g/mol. The first-order valence-electron chi connectivity index (χ1n) is 9.03. The molecule has 0 spiro atoms. The van der Waals surface area contributed by atoms with Gasteiger partial charge in [0.25, 0.3) is 0 Å². The largest absolute Gasteiger partial charge is 0.465 e. The molecule has 0 aliphatic carbocycles. The van der Waals surface area contributed by atoms with E-state index in [4.69, 9.17) is 4.74 Å². The van der Waals surface area contributed by atoms with E-state index in [1.165, 1.54) is 31.4 Å². The summed E-state index contributed by atoms with van der Waals surface area (Å²) in [7, 11) is 1.21. The highest BCUT2D eigenvalue weighted by Gasteiger charge is 2.21. The lowest BCUT2D eigenvalue weighted by molar-refractivity contribution is -0.133. The molecule has 2 amide bonds. The van der Waals surface area contributed by atoms with Crippen LogP contribution in [-0.2, 0) is 19.1 Å². The molecule has 2 rings (SSSR count). The van der Waals surface area contributed by atoms with Crippen molar-refractivity contribution in [3.8, 4) is 0 Å². The summed E-state index contributed by atoms with van der Waals surface area (Å²) in [4.78, 5) is 48.6. The summed E-state index contributed by atoms with van der Waals surface area (Å²) in [6.45, 7) is 2.24. The third-order valence-electron chi connectivity index (χ3n) is 3.91. The maximum absolute atomic E-state index is 12.3. The summed E-state index contributed by atoms with van der Waals surface area (Å²) in [5.74, 6) is -3.25. The van der Waals surface area contributed by atoms with Gasteiger partial charge in [0, 0.05) is 0 Å². The van der Waals surface area contributed by atoms with Gasteiger partial charge < -0.3 is 20.1 Å². The fraction of sp³-hybridized carbons (Fsp3) is 0.238. The van der Waals surface area contributed by atoms with Gasteiger partial charge >= 0.3 is 23.8 Å². The molecule has 152 valence electrons. The molecule has 0 bridgehead atoms. The highest BCUT2D eigenvalue weighted by atomic mass is 16.5. The van der Waals surface area contributed by atoms with E-state index in [0.29, 0.717) is 0 Å². The summed E-state index contributed by atoms with van der Waals surface area (Å²) in [6, 6.07) is 12.3. The molecule has 0 saturated carbocycles. The Morgan fingerprint density at radius 1 is 0.793 bits per heavy atom. The number of amides is 2. The van der Waals surface area contributed by atoms with Crippen molar-refractivity contribution < 1.29 is 28.7 Å². The lowest BCUT2D eigenvalue weighted by Gasteiger charge is -2.12. The molecule has 0 unspecified atom stereocenters. The first-order chi connectivity index (χ1) is 14.0. The second kappa shape index (κ2) is 10.6. The standard InChI is InChI=1S/C21H22N2O6/c1-3-4-13-29-21(27)15-10-6-8-12-17(15)23-19(25)18(24)22-16-11-7-5-9-14(16)20(26)28-2/h5-12H,3-4,13H2,1-2H3,(H,22,24)(H,23,25). The number of hydrogen-bond donors (Lipinski definition) is 2. The number of esters is 2. The highest BCUT2D eigenvalue weighted by Crippen LogP contribution is 2.18. The number of para-hydroxylation sites is 2. The van der Waals surface area contributed by atoms with Crippen molar-refractivity contribution >= 4 is 35.1 Å². The van der Waals surface area contributed by atoms with Crippen molar-refractivity contribution in [3.05, 3.63) is 59.7 Å². The molecule has 2 N–H and O–H groups in total. The Kier molecular flexibility index (Phi) is 7.90. The number of methoxy groups -OCH3 is 1. The lowest BCUT2D eigenvalue weighted by atomic mass is 10.1. The molecule has 0 fully saturated rings. The van der Waals surface area contributed by atoms with E-state index >= 15 is 0 Å². The molecule has 0 heterocycles. The van der Waals surface area contributed by atoms with Crippen LogP contribution in [0.15, 0.2) is 48.5 Å². The number of carbonyl (C=O) groups is 4. The molecule has 8 heteroatoms. The molecule has 2 aromatic rings. The van der Waals surface area contributed by atoms with Crippen LogP contribution in [0.1, 0.15) is 40.5 Å². The monoisotopic (exact) mass is 398 g/mol. The van der Waals surface area contributed by atoms with E-state index in [1.807, 2.05) is 6.92 Å². The zero-order valence-corrected chi connectivity index (χ0v) is 16.2. The van der Waals surface area contributed by atoms with Crippen molar-refractivity contribution in [2.24, 2.45) is 0 Å². The molecule has 0 atom stereocenters. The zero-order chi connectivity index (χ0) is 21.2. The number of nitrogens with one attached hydrogen (secondary N) is 2. The minimum atomic E-state index is -1.00. The number of unbranched alkanes of at least 4 members (excludes halogenated alkanes) is 1. The lowest BCUT2D eigenvalue weighted by Crippen LogP contribution is -2.30. The van der Waals surface area contributed by atoms with Crippen LogP contribution in [0.5, 0.6) is 0 Å². The first-order valence-corrected chi connectivity index (χ1v) is 9.03. The number of rotatable bonds is 7. The molecule has 0 aliphatic heterocycles. The minimum Gasteiger partial charge on any atom is -0.465 e. The SMILES string of the molecule is CCCCOC(=O)c1ccccc1NC(=O)C(=O)Nc1ccccc1C(=O)OC. The van der Waals surface area contributed by atoms with Gasteiger partial charge in [0.05, 0.1) is 36.2 Å². The number of benzene rings is 2. The molecule has 0 aliphatic rings.